The van der Waals surface area contributed by atoms with Crippen LogP contribution in [0.25, 0.3) is 0 Å². The molecule has 2 heteroatoms. The van der Waals surface area contributed by atoms with Gasteiger partial charge in [0.15, 0.2) is 0 Å². The van der Waals surface area contributed by atoms with Gasteiger partial charge >= 0.3 is 0 Å². The van der Waals surface area contributed by atoms with Gasteiger partial charge in [0.05, 0.1) is 0 Å². The average Bonchev–Trinajstić information content (AvgIpc) is 2.13. The van der Waals surface area contributed by atoms with Gasteiger partial charge in [-0.2, -0.15) is 0 Å². The first-order valence-electron chi connectivity index (χ1n) is 6.19. The van der Waals surface area contributed by atoms with Crippen molar-refractivity contribution in [3.63, 3.8) is 0 Å². The van der Waals surface area contributed by atoms with Gasteiger partial charge in [-0.3, -0.25) is 0 Å². The van der Waals surface area contributed by atoms with Crippen molar-refractivity contribution in [2.75, 3.05) is 20.3 Å². The molecule has 0 saturated carbocycles. The minimum atomic E-state index is 0.254. The molecule has 0 radical (unpaired) electrons. The van der Waals surface area contributed by atoms with E-state index in [9.17, 15) is 0 Å². The minimum absolute atomic E-state index is 0.254. The first-order valence-corrected chi connectivity index (χ1v) is 6.19. The minimum Gasteiger partial charge on any atom is -0.385 e. The first-order chi connectivity index (χ1) is 6.95. The number of nitrogens with one attached hydrogen (secondary N) is 1. The molecule has 0 aromatic heterocycles. The second kappa shape index (κ2) is 8.12. The van der Waals surface area contributed by atoms with Crippen LogP contribution in [0, 0.1) is 5.92 Å². The van der Waals surface area contributed by atoms with Gasteiger partial charge in [0.25, 0.3) is 0 Å². The van der Waals surface area contributed by atoms with Crippen LogP contribution < -0.4 is 5.32 Å². The van der Waals surface area contributed by atoms with E-state index >= 15 is 0 Å². The molecule has 0 heterocycles. The van der Waals surface area contributed by atoms with Gasteiger partial charge < -0.3 is 10.1 Å². The summed E-state index contributed by atoms with van der Waals surface area (Å²) < 4.78 is 5.03. The zero-order chi connectivity index (χ0) is 11.7. The fraction of sp³-hybridized carbons (Fsp3) is 1.00. The molecule has 0 fully saturated rings. The zero-order valence-corrected chi connectivity index (χ0v) is 11.2. The van der Waals surface area contributed by atoms with Gasteiger partial charge in [-0.15, -0.1) is 0 Å². The first kappa shape index (κ1) is 14.9. The molecule has 0 aromatic rings. The number of unbranched alkanes of at least 4 members (excludes halogenated alkanes) is 2. The van der Waals surface area contributed by atoms with Crippen molar-refractivity contribution in [2.24, 2.45) is 5.92 Å². The Bertz CT molecular complexity index is 140. The molecule has 0 aliphatic rings. The number of methoxy groups -OCH3 is 1. The van der Waals surface area contributed by atoms with Crippen LogP contribution in [0.3, 0.4) is 0 Å². The number of rotatable bonds is 8. The van der Waals surface area contributed by atoms with Gasteiger partial charge in [-0.25, -0.2) is 0 Å². The average molecular weight is 215 g/mol. The highest BCUT2D eigenvalue weighted by Crippen LogP contribution is 2.10. The highest BCUT2D eigenvalue weighted by atomic mass is 16.5. The number of hydrogen-bond acceptors (Lipinski definition) is 2. The van der Waals surface area contributed by atoms with Crippen LogP contribution in [-0.2, 0) is 4.74 Å². The van der Waals surface area contributed by atoms with E-state index in [0.717, 1.165) is 19.1 Å². The molecule has 0 aliphatic heterocycles. The summed E-state index contributed by atoms with van der Waals surface area (Å²) in [5.74, 6) is 0.784. The summed E-state index contributed by atoms with van der Waals surface area (Å²) in [4.78, 5) is 0. The molecule has 92 valence electrons. The molecule has 15 heavy (non-hydrogen) atoms. The Morgan fingerprint density at radius 2 is 1.80 bits per heavy atom. The van der Waals surface area contributed by atoms with Crippen LogP contribution in [0.4, 0.5) is 0 Å². The van der Waals surface area contributed by atoms with Gasteiger partial charge in [0.1, 0.15) is 0 Å². The van der Waals surface area contributed by atoms with E-state index in [0.29, 0.717) is 0 Å². The lowest BCUT2D eigenvalue weighted by atomic mass is 10.0. The molecule has 1 N–H and O–H groups in total. The summed E-state index contributed by atoms with van der Waals surface area (Å²) in [7, 11) is 1.77. The molecular weight excluding hydrogens is 186 g/mol. The maximum Gasteiger partial charge on any atom is 0.0462 e. The number of hydrogen-bond donors (Lipinski definition) is 1. The van der Waals surface area contributed by atoms with E-state index in [-0.39, 0.29) is 5.54 Å². The molecule has 2 nitrogen and oxygen atoms in total. The predicted octanol–water partition coefficient (Wildman–Crippen LogP) is 3.22. The lowest BCUT2D eigenvalue weighted by Crippen LogP contribution is -2.38. The fourth-order valence-corrected chi connectivity index (χ4v) is 1.50. The quantitative estimate of drug-likeness (QED) is 0.628. The Balaban J connectivity index is 3.30. The third-order valence-electron chi connectivity index (χ3n) is 2.53. The summed E-state index contributed by atoms with van der Waals surface area (Å²) in [5.41, 5.74) is 0.254. The summed E-state index contributed by atoms with van der Waals surface area (Å²) in [6.07, 6.45) is 5.16. The van der Waals surface area contributed by atoms with Crippen molar-refractivity contribution < 1.29 is 4.74 Å². The van der Waals surface area contributed by atoms with Crippen LogP contribution >= 0.6 is 0 Å². The van der Waals surface area contributed by atoms with Crippen LogP contribution in [-0.4, -0.2) is 25.8 Å². The van der Waals surface area contributed by atoms with Crippen molar-refractivity contribution in [3.05, 3.63) is 0 Å². The van der Waals surface area contributed by atoms with Crippen molar-refractivity contribution in [2.45, 2.75) is 58.9 Å². The summed E-state index contributed by atoms with van der Waals surface area (Å²) in [6.45, 7) is 11.0. The summed E-state index contributed by atoms with van der Waals surface area (Å²) in [6, 6.07) is 0. The van der Waals surface area contributed by atoms with E-state index in [4.69, 9.17) is 4.74 Å². The Morgan fingerprint density at radius 3 is 2.33 bits per heavy atom. The normalized spacial score (nSPS) is 14.2. The molecular formula is C13H29NO. The highest BCUT2D eigenvalue weighted by molar-refractivity contribution is 4.71. The summed E-state index contributed by atoms with van der Waals surface area (Å²) >= 11 is 0. The lowest BCUT2D eigenvalue weighted by molar-refractivity contribution is 0.191. The van der Waals surface area contributed by atoms with E-state index in [1.807, 2.05) is 0 Å². The van der Waals surface area contributed by atoms with E-state index in [2.05, 4.69) is 33.0 Å². The zero-order valence-electron chi connectivity index (χ0n) is 11.2. The van der Waals surface area contributed by atoms with Crippen molar-refractivity contribution in [3.8, 4) is 0 Å². The molecule has 0 rings (SSSR count). The Kier molecular flexibility index (Phi) is 8.07. The van der Waals surface area contributed by atoms with Crippen molar-refractivity contribution in [1.82, 2.24) is 5.32 Å². The van der Waals surface area contributed by atoms with Crippen LogP contribution in [0.15, 0.2) is 0 Å². The Morgan fingerprint density at radius 1 is 1.13 bits per heavy atom. The Labute approximate surface area is 95.8 Å². The smallest absolute Gasteiger partial charge is 0.0462 e. The molecule has 0 aliphatic carbocycles. The largest absolute Gasteiger partial charge is 0.385 e. The molecule has 0 amide bonds. The predicted molar refractivity (Wildman–Crippen MR) is 67.3 cm³/mol. The molecule has 1 unspecified atom stereocenters. The van der Waals surface area contributed by atoms with Crippen LogP contribution in [0.1, 0.15) is 53.4 Å². The topological polar surface area (TPSA) is 21.3 Å². The fourth-order valence-electron chi connectivity index (χ4n) is 1.50. The van der Waals surface area contributed by atoms with Gasteiger partial charge in [-0.05, 0) is 46.1 Å². The van der Waals surface area contributed by atoms with E-state index in [1.54, 1.807) is 7.11 Å². The van der Waals surface area contributed by atoms with E-state index < -0.39 is 0 Å². The second-order valence-corrected chi connectivity index (χ2v) is 5.58. The number of ether oxygens (including phenoxy) is 1. The molecule has 0 bridgehead atoms. The Hall–Kier alpha value is -0.0800. The monoisotopic (exact) mass is 215 g/mol. The maximum absolute atomic E-state index is 5.03. The maximum atomic E-state index is 5.03. The SMILES string of the molecule is COCCCCCC(C)CNC(C)(C)C. The van der Waals surface area contributed by atoms with Crippen LogP contribution in [0.2, 0.25) is 0 Å². The van der Waals surface area contributed by atoms with E-state index in [1.165, 1.54) is 25.7 Å². The third-order valence-corrected chi connectivity index (χ3v) is 2.53. The standard InChI is InChI=1S/C13H29NO/c1-12(11-14-13(2,3)4)9-7-6-8-10-15-5/h12,14H,6-11H2,1-5H3. The highest BCUT2D eigenvalue weighted by Gasteiger charge is 2.10. The molecule has 0 spiro atoms. The third kappa shape index (κ3) is 11.8. The summed E-state index contributed by atoms with van der Waals surface area (Å²) in [5, 5.41) is 3.55. The molecule has 0 saturated heterocycles. The van der Waals surface area contributed by atoms with Crippen LogP contribution in [0.5, 0.6) is 0 Å². The van der Waals surface area contributed by atoms with Gasteiger partial charge in [0.2, 0.25) is 0 Å². The second-order valence-electron chi connectivity index (χ2n) is 5.58. The van der Waals surface area contributed by atoms with Gasteiger partial charge in [0, 0.05) is 19.3 Å². The molecule has 0 aromatic carbocycles. The van der Waals surface area contributed by atoms with Gasteiger partial charge in [-0.1, -0.05) is 19.8 Å². The lowest BCUT2D eigenvalue weighted by Gasteiger charge is -2.23. The van der Waals surface area contributed by atoms with Crippen molar-refractivity contribution >= 4 is 0 Å². The molecule has 1 atom stereocenters. The van der Waals surface area contributed by atoms with Crippen molar-refractivity contribution in [1.29, 1.82) is 0 Å².